The van der Waals surface area contributed by atoms with E-state index in [9.17, 15) is 28.8 Å². The molecule has 6 amide bonds. The van der Waals surface area contributed by atoms with Gasteiger partial charge in [0, 0.05) is 69.4 Å². The Morgan fingerprint density at radius 3 is 0.821 bits per heavy atom. The summed E-state index contributed by atoms with van der Waals surface area (Å²) in [5.74, 6) is -0.175. The predicted molar refractivity (Wildman–Crippen MR) is 338 cm³/mol. The molecule has 0 radical (unpaired) electrons. The molecular formula is C66H69Br3N6O9. The van der Waals surface area contributed by atoms with Crippen LogP contribution in [0.25, 0.3) is 0 Å². The minimum Gasteiger partial charge on any atom is -0.443 e. The summed E-state index contributed by atoms with van der Waals surface area (Å²) in [5, 5.41) is 0. The molecule has 6 aliphatic heterocycles. The van der Waals surface area contributed by atoms with E-state index < -0.39 is 51.7 Å². The third-order valence-corrected chi connectivity index (χ3v) is 17.3. The van der Waals surface area contributed by atoms with Gasteiger partial charge in [0.25, 0.3) is 17.7 Å². The SMILES string of the molecule is CC(C)(C)OC(=O)N1c2ccccc2CC12CCN(c1ccc(Br)cc1)C2=O.CC(C)(C)OC(=O)N1c2ccccc2CC12CCN(c1ccc(Br)cc1)C2=O.CC(C)(C)OC(=O)N1c2ccccc2CC12CCN(c1ccc(Br)cc1)C2=O. The van der Waals surface area contributed by atoms with E-state index in [1.807, 2.05) is 208 Å². The monoisotopic (exact) mass is 1330 g/mol. The Balaban J connectivity index is 0.000000140. The molecule has 84 heavy (non-hydrogen) atoms. The second-order valence-electron chi connectivity index (χ2n) is 25.0. The van der Waals surface area contributed by atoms with E-state index in [1.54, 1.807) is 29.4 Å². The van der Waals surface area contributed by atoms with Crippen molar-refractivity contribution in [1.82, 2.24) is 0 Å². The molecule has 3 saturated heterocycles. The van der Waals surface area contributed by atoms with Crippen molar-refractivity contribution in [2.45, 2.75) is 134 Å². The van der Waals surface area contributed by atoms with E-state index in [-0.39, 0.29) is 17.7 Å². The third-order valence-electron chi connectivity index (χ3n) is 15.8. The number of hydrogen-bond acceptors (Lipinski definition) is 9. The summed E-state index contributed by atoms with van der Waals surface area (Å²) >= 11 is 10.3. The zero-order chi connectivity index (χ0) is 60.3. The molecule has 438 valence electrons. The number of rotatable bonds is 3. The second kappa shape index (κ2) is 22.8. The zero-order valence-corrected chi connectivity index (χ0v) is 53.5. The average Bonchev–Trinajstić information content (AvgIpc) is 2.28. The molecule has 3 fully saturated rings. The Labute approximate surface area is 516 Å². The van der Waals surface area contributed by atoms with Crippen LogP contribution in [-0.4, -0.2) is 89.1 Å². The van der Waals surface area contributed by atoms with E-state index in [4.69, 9.17) is 14.2 Å². The summed E-state index contributed by atoms with van der Waals surface area (Å²) in [6.45, 7) is 18.2. The van der Waals surface area contributed by atoms with Crippen LogP contribution in [0.3, 0.4) is 0 Å². The Morgan fingerprint density at radius 1 is 0.369 bits per heavy atom. The molecule has 15 nitrogen and oxygen atoms in total. The third kappa shape index (κ3) is 11.6. The highest BCUT2D eigenvalue weighted by Crippen LogP contribution is 2.50. The quantitative estimate of drug-likeness (QED) is 0.158. The van der Waals surface area contributed by atoms with Crippen LogP contribution < -0.4 is 29.4 Å². The predicted octanol–water partition coefficient (Wildman–Crippen LogP) is 14.8. The lowest BCUT2D eigenvalue weighted by atomic mass is 9.92. The molecule has 0 bridgehead atoms. The normalized spacial score (nSPS) is 21.4. The molecule has 12 rings (SSSR count). The zero-order valence-electron chi connectivity index (χ0n) is 48.7. The summed E-state index contributed by atoms with van der Waals surface area (Å²) in [6, 6.07) is 46.1. The first-order chi connectivity index (χ1) is 39.6. The molecule has 6 heterocycles. The number of para-hydroxylation sites is 3. The lowest BCUT2D eigenvalue weighted by Gasteiger charge is -2.35. The van der Waals surface area contributed by atoms with Crippen LogP contribution in [0.4, 0.5) is 48.5 Å². The number of ether oxygens (including phenoxy) is 3. The fourth-order valence-electron chi connectivity index (χ4n) is 12.2. The molecule has 6 aromatic carbocycles. The number of hydrogen-bond donors (Lipinski definition) is 0. The summed E-state index contributed by atoms with van der Waals surface area (Å²) in [5.41, 5.74) is 3.11. The number of anilines is 6. The number of benzene rings is 6. The van der Waals surface area contributed by atoms with Gasteiger partial charge in [-0.25, -0.2) is 14.4 Å². The number of halogens is 3. The van der Waals surface area contributed by atoms with Crippen LogP contribution in [-0.2, 0) is 47.9 Å². The number of carbonyl (C=O) groups is 6. The molecule has 18 heteroatoms. The maximum absolute atomic E-state index is 13.6. The highest BCUT2D eigenvalue weighted by atomic mass is 79.9. The van der Waals surface area contributed by atoms with E-state index in [2.05, 4.69) is 47.8 Å². The van der Waals surface area contributed by atoms with Crippen molar-refractivity contribution < 1.29 is 43.0 Å². The lowest BCUT2D eigenvalue weighted by Crippen LogP contribution is -2.56. The standard InChI is InChI=1S/3C22H23BrN2O3/c3*1-21(2,3)28-20(27)25-18-7-5-4-6-15(18)14-22(25)12-13-24(19(22)26)17-10-8-16(23)9-11-17/h3*4-11H,12-14H2,1-3H3. The van der Waals surface area contributed by atoms with Crippen molar-refractivity contribution in [3.8, 4) is 0 Å². The smallest absolute Gasteiger partial charge is 0.415 e. The minimum absolute atomic E-state index is 0.0584. The molecule has 0 aromatic heterocycles. The van der Waals surface area contributed by atoms with Gasteiger partial charge in [0.2, 0.25) is 0 Å². The topological polar surface area (TPSA) is 150 Å². The molecule has 0 aliphatic carbocycles. The maximum atomic E-state index is 13.6. The van der Waals surface area contributed by atoms with Crippen molar-refractivity contribution in [3.63, 3.8) is 0 Å². The van der Waals surface area contributed by atoms with Gasteiger partial charge in [-0.05, 0) is 189 Å². The average molecular weight is 1330 g/mol. The van der Waals surface area contributed by atoms with Gasteiger partial charge in [0.15, 0.2) is 0 Å². The van der Waals surface area contributed by atoms with E-state index in [0.29, 0.717) is 58.2 Å². The van der Waals surface area contributed by atoms with E-state index >= 15 is 0 Å². The van der Waals surface area contributed by atoms with Crippen molar-refractivity contribution in [2.24, 2.45) is 0 Å². The van der Waals surface area contributed by atoms with Gasteiger partial charge in [0.05, 0.1) is 17.1 Å². The molecule has 6 aliphatic rings. The summed E-state index contributed by atoms with van der Waals surface area (Å²) in [6.07, 6.45) is 1.81. The van der Waals surface area contributed by atoms with Crippen LogP contribution in [0.15, 0.2) is 159 Å². The maximum Gasteiger partial charge on any atom is 0.415 e. The number of nitrogens with zero attached hydrogens (tertiary/aromatic N) is 6. The van der Waals surface area contributed by atoms with Crippen LogP contribution in [0.2, 0.25) is 0 Å². The van der Waals surface area contributed by atoms with Gasteiger partial charge in [-0.1, -0.05) is 102 Å². The van der Waals surface area contributed by atoms with Gasteiger partial charge in [-0.3, -0.25) is 29.1 Å². The van der Waals surface area contributed by atoms with E-state index in [1.165, 1.54) is 0 Å². The van der Waals surface area contributed by atoms with Gasteiger partial charge in [0.1, 0.15) is 33.4 Å². The number of carbonyl (C=O) groups excluding carboxylic acids is 6. The van der Waals surface area contributed by atoms with Crippen LogP contribution in [0.1, 0.15) is 98.3 Å². The van der Waals surface area contributed by atoms with Gasteiger partial charge >= 0.3 is 18.3 Å². The fraction of sp³-hybridized carbons (Fsp3) is 0.364. The van der Waals surface area contributed by atoms with Crippen molar-refractivity contribution in [2.75, 3.05) is 49.0 Å². The highest BCUT2D eigenvalue weighted by molar-refractivity contribution is 9.11. The molecule has 3 spiro atoms. The summed E-state index contributed by atoms with van der Waals surface area (Å²) in [7, 11) is 0. The van der Waals surface area contributed by atoms with Gasteiger partial charge < -0.3 is 28.9 Å². The summed E-state index contributed by atoms with van der Waals surface area (Å²) < 4.78 is 19.9. The van der Waals surface area contributed by atoms with Crippen molar-refractivity contribution in [3.05, 3.63) is 176 Å². The first-order valence-electron chi connectivity index (χ1n) is 28.2. The highest BCUT2D eigenvalue weighted by Gasteiger charge is 2.61. The Kier molecular flexibility index (Phi) is 16.3. The molecule has 3 unspecified atom stereocenters. The Morgan fingerprint density at radius 2 is 0.595 bits per heavy atom. The second-order valence-corrected chi connectivity index (χ2v) is 27.8. The van der Waals surface area contributed by atoms with Crippen LogP contribution >= 0.6 is 47.8 Å². The summed E-state index contributed by atoms with van der Waals surface area (Å²) in [4.78, 5) is 90.4. The lowest BCUT2D eigenvalue weighted by molar-refractivity contribution is -0.122. The Bertz CT molecular complexity index is 3180. The Hall–Kier alpha value is -7.02. The largest absolute Gasteiger partial charge is 0.443 e. The molecule has 3 atom stereocenters. The fourth-order valence-corrected chi connectivity index (χ4v) is 13.0. The van der Waals surface area contributed by atoms with Gasteiger partial charge in [-0.15, -0.1) is 0 Å². The molecule has 0 saturated carbocycles. The first kappa shape index (κ1) is 60.1. The van der Waals surface area contributed by atoms with Crippen LogP contribution in [0.5, 0.6) is 0 Å². The van der Waals surface area contributed by atoms with Gasteiger partial charge in [-0.2, -0.15) is 0 Å². The molecule has 0 N–H and O–H groups in total. The number of fused-ring (bicyclic) bond motifs is 3. The molecular weight excluding hydrogens is 1260 g/mol. The van der Waals surface area contributed by atoms with Crippen LogP contribution in [0, 0.1) is 0 Å². The minimum atomic E-state index is -0.931. The number of amides is 6. The van der Waals surface area contributed by atoms with Crippen molar-refractivity contribution >= 4 is 118 Å². The van der Waals surface area contributed by atoms with E-state index in [0.717, 1.165) is 64.2 Å². The first-order valence-corrected chi connectivity index (χ1v) is 30.6. The van der Waals surface area contributed by atoms with Crippen molar-refractivity contribution in [1.29, 1.82) is 0 Å². The molecule has 6 aromatic rings.